The van der Waals surface area contributed by atoms with Crippen molar-refractivity contribution < 1.29 is 9.53 Å². The van der Waals surface area contributed by atoms with Crippen LogP contribution < -0.4 is 10.2 Å². The number of rotatable bonds is 7. The summed E-state index contributed by atoms with van der Waals surface area (Å²) < 4.78 is 5.76. The fourth-order valence-corrected chi connectivity index (χ4v) is 3.30. The molecule has 0 spiro atoms. The van der Waals surface area contributed by atoms with Gasteiger partial charge in [0.25, 0.3) is 5.91 Å². The van der Waals surface area contributed by atoms with Crippen molar-refractivity contribution in [1.29, 1.82) is 5.26 Å². The maximum Gasteiger partial charge on any atom is 0.262 e. The minimum Gasteiger partial charge on any atom is -0.376 e. The molecule has 0 aromatic heterocycles. The molecule has 158 valence electrons. The molecule has 0 atom stereocenters. The summed E-state index contributed by atoms with van der Waals surface area (Å²) in [5.74, 6) is -0.353. The normalized spacial score (nSPS) is 15.7. The summed E-state index contributed by atoms with van der Waals surface area (Å²) in [7, 11) is 0. The number of nitrogens with one attached hydrogen (secondary N) is 1. The predicted octanol–water partition coefficient (Wildman–Crippen LogP) is 4.68. The van der Waals surface area contributed by atoms with Gasteiger partial charge in [0.1, 0.15) is 11.6 Å². The van der Waals surface area contributed by atoms with Crippen LogP contribution in [0, 0.1) is 11.3 Å². The first-order chi connectivity index (χ1) is 13.6. The van der Waals surface area contributed by atoms with Crippen molar-refractivity contribution >= 4 is 17.7 Å². The maximum absolute atomic E-state index is 12.6. The van der Waals surface area contributed by atoms with E-state index in [1.807, 2.05) is 52.8 Å². The SMILES string of the molecule is CC(C)(CCOC(C)(C)C)NC(=O)C(C#N)=Cc1ccc(N2CCCCC2)cc1. The van der Waals surface area contributed by atoms with E-state index in [1.54, 1.807) is 6.08 Å². The molecule has 0 aliphatic carbocycles. The van der Waals surface area contributed by atoms with Crippen LogP contribution in [0.1, 0.15) is 65.9 Å². The molecule has 1 aliphatic rings. The van der Waals surface area contributed by atoms with Gasteiger partial charge in [-0.15, -0.1) is 0 Å². The van der Waals surface area contributed by atoms with Crippen LogP contribution in [-0.4, -0.2) is 36.7 Å². The number of benzene rings is 1. The molecular formula is C24H35N3O2. The zero-order valence-corrected chi connectivity index (χ0v) is 18.5. The van der Waals surface area contributed by atoms with Gasteiger partial charge in [-0.3, -0.25) is 4.79 Å². The topological polar surface area (TPSA) is 65.4 Å². The predicted molar refractivity (Wildman–Crippen MR) is 119 cm³/mol. The molecule has 0 bridgehead atoms. The number of carbonyl (C=O) groups excluding carboxylic acids is 1. The van der Waals surface area contributed by atoms with E-state index in [9.17, 15) is 10.1 Å². The third-order valence-corrected chi connectivity index (χ3v) is 5.00. The molecule has 0 unspecified atom stereocenters. The highest BCUT2D eigenvalue weighted by molar-refractivity contribution is 6.02. The average molecular weight is 398 g/mol. The lowest BCUT2D eigenvalue weighted by Crippen LogP contribution is -2.45. The number of ether oxygens (including phenoxy) is 1. The number of carbonyl (C=O) groups is 1. The average Bonchev–Trinajstić information content (AvgIpc) is 2.65. The van der Waals surface area contributed by atoms with Crippen LogP contribution in [0.15, 0.2) is 29.8 Å². The molecule has 5 nitrogen and oxygen atoms in total. The quantitative estimate of drug-likeness (QED) is 0.536. The van der Waals surface area contributed by atoms with Gasteiger partial charge in [0.05, 0.1) is 5.60 Å². The Morgan fingerprint density at radius 3 is 2.31 bits per heavy atom. The highest BCUT2D eigenvalue weighted by atomic mass is 16.5. The number of hydrogen-bond donors (Lipinski definition) is 1. The van der Waals surface area contributed by atoms with Gasteiger partial charge in [-0.25, -0.2) is 0 Å². The smallest absolute Gasteiger partial charge is 0.262 e. The molecule has 1 fully saturated rings. The number of piperidine rings is 1. The van der Waals surface area contributed by atoms with Crippen molar-refractivity contribution in [2.24, 2.45) is 0 Å². The summed E-state index contributed by atoms with van der Waals surface area (Å²) in [6.07, 6.45) is 6.08. The summed E-state index contributed by atoms with van der Waals surface area (Å²) in [6, 6.07) is 10.1. The molecule has 29 heavy (non-hydrogen) atoms. The molecule has 0 radical (unpaired) electrons. The van der Waals surface area contributed by atoms with Crippen LogP contribution in [0.25, 0.3) is 6.08 Å². The zero-order chi connectivity index (χ0) is 21.5. The summed E-state index contributed by atoms with van der Waals surface area (Å²) in [5.41, 5.74) is 1.49. The third kappa shape index (κ3) is 7.91. The Balaban J connectivity index is 1.99. The van der Waals surface area contributed by atoms with Crippen LogP contribution in [0.4, 0.5) is 5.69 Å². The second-order valence-corrected chi connectivity index (χ2v) is 9.36. The Kier molecular flexibility index (Phi) is 7.87. The van der Waals surface area contributed by atoms with E-state index in [-0.39, 0.29) is 17.1 Å². The van der Waals surface area contributed by atoms with Crippen molar-refractivity contribution in [3.8, 4) is 6.07 Å². The lowest BCUT2D eigenvalue weighted by atomic mass is 10.00. The lowest BCUT2D eigenvalue weighted by Gasteiger charge is -2.29. The van der Waals surface area contributed by atoms with E-state index in [4.69, 9.17) is 4.74 Å². The van der Waals surface area contributed by atoms with Crippen LogP contribution in [-0.2, 0) is 9.53 Å². The summed E-state index contributed by atoms with van der Waals surface area (Å²) in [5, 5.41) is 12.4. The largest absolute Gasteiger partial charge is 0.376 e. The first-order valence-electron chi connectivity index (χ1n) is 10.5. The maximum atomic E-state index is 12.6. The molecule has 1 heterocycles. The number of anilines is 1. The van der Waals surface area contributed by atoms with Gasteiger partial charge in [0.2, 0.25) is 0 Å². The lowest BCUT2D eigenvalue weighted by molar-refractivity contribution is -0.118. The Morgan fingerprint density at radius 2 is 1.76 bits per heavy atom. The monoisotopic (exact) mass is 397 g/mol. The minimum absolute atomic E-state index is 0.112. The summed E-state index contributed by atoms with van der Waals surface area (Å²) in [6.45, 7) is 12.6. The molecule has 1 aromatic carbocycles. The van der Waals surface area contributed by atoms with Gasteiger partial charge in [0, 0.05) is 30.9 Å². The molecule has 5 heteroatoms. The molecule has 1 aromatic rings. The van der Waals surface area contributed by atoms with E-state index in [0.29, 0.717) is 13.0 Å². The molecule has 1 aliphatic heterocycles. The standard InChI is InChI=1S/C24H35N3O2/c1-23(2,3)29-16-13-24(4,5)26-22(28)20(18-25)17-19-9-11-21(12-10-19)27-14-7-6-8-15-27/h9-12,17H,6-8,13-16H2,1-5H3,(H,26,28). The van der Waals surface area contributed by atoms with Crippen molar-refractivity contribution in [2.45, 2.75) is 71.4 Å². The Hall–Kier alpha value is -2.32. The van der Waals surface area contributed by atoms with Gasteiger partial charge in [0.15, 0.2) is 0 Å². The van der Waals surface area contributed by atoms with Crippen LogP contribution in [0.5, 0.6) is 0 Å². The molecule has 0 saturated carbocycles. The van der Waals surface area contributed by atoms with Crippen LogP contribution in [0.2, 0.25) is 0 Å². The van der Waals surface area contributed by atoms with Crippen molar-refractivity contribution in [3.05, 3.63) is 35.4 Å². The van der Waals surface area contributed by atoms with Crippen molar-refractivity contribution in [1.82, 2.24) is 5.32 Å². The Bertz CT molecular complexity index is 746. The number of nitrogens with zero attached hydrogens (tertiary/aromatic N) is 2. The Morgan fingerprint density at radius 1 is 1.14 bits per heavy atom. The minimum atomic E-state index is -0.462. The van der Waals surface area contributed by atoms with Crippen LogP contribution in [0.3, 0.4) is 0 Å². The summed E-state index contributed by atoms with van der Waals surface area (Å²) >= 11 is 0. The van der Waals surface area contributed by atoms with E-state index < -0.39 is 5.54 Å². The van der Waals surface area contributed by atoms with E-state index in [0.717, 1.165) is 18.7 Å². The van der Waals surface area contributed by atoms with E-state index in [2.05, 4.69) is 22.3 Å². The van der Waals surface area contributed by atoms with Crippen molar-refractivity contribution in [3.63, 3.8) is 0 Å². The van der Waals surface area contributed by atoms with Gasteiger partial charge in [-0.05, 0) is 84.1 Å². The molecule has 2 rings (SSSR count). The third-order valence-electron chi connectivity index (χ3n) is 5.00. The fourth-order valence-electron chi connectivity index (χ4n) is 3.30. The van der Waals surface area contributed by atoms with Gasteiger partial charge < -0.3 is 15.0 Å². The van der Waals surface area contributed by atoms with Crippen LogP contribution >= 0.6 is 0 Å². The van der Waals surface area contributed by atoms with Gasteiger partial charge in [-0.2, -0.15) is 5.26 Å². The molecule has 1 saturated heterocycles. The first kappa shape index (κ1) is 23.0. The first-order valence-corrected chi connectivity index (χ1v) is 10.5. The highest BCUT2D eigenvalue weighted by Crippen LogP contribution is 2.21. The summed E-state index contributed by atoms with van der Waals surface area (Å²) in [4.78, 5) is 15.0. The fraction of sp³-hybridized carbons (Fsp3) is 0.583. The van der Waals surface area contributed by atoms with E-state index >= 15 is 0 Å². The van der Waals surface area contributed by atoms with Gasteiger partial charge in [-0.1, -0.05) is 12.1 Å². The molecule has 1 N–H and O–H groups in total. The zero-order valence-electron chi connectivity index (χ0n) is 18.5. The van der Waals surface area contributed by atoms with E-state index in [1.165, 1.54) is 24.9 Å². The molecular weight excluding hydrogens is 362 g/mol. The Labute approximate surface area is 175 Å². The number of hydrogen-bond acceptors (Lipinski definition) is 4. The second-order valence-electron chi connectivity index (χ2n) is 9.36. The second kappa shape index (κ2) is 9.93. The van der Waals surface area contributed by atoms with Gasteiger partial charge >= 0.3 is 0 Å². The number of nitriles is 1. The number of amides is 1. The highest BCUT2D eigenvalue weighted by Gasteiger charge is 2.23. The van der Waals surface area contributed by atoms with Crippen molar-refractivity contribution in [2.75, 3.05) is 24.6 Å². The molecule has 1 amide bonds.